The van der Waals surface area contributed by atoms with E-state index in [9.17, 15) is 4.79 Å². The Kier molecular flexibility index (Phi) is 1.15. The average molecular weight is 148 g/mol. The zero-order chi connectivity index (χ0) is 7.68. The molecule has 2 aliphatic rings. The molecule has 0 amide bonds. The van der Waals surface area contributed by atoms with E-state index in [-0.39, 0.29) is 0 Å². The van der Waals surface area contributed by atoms with Gasteiger partial charge in [0.25, 0.3) is 5.95 Å². The maximum Gasteiger partial charge on any atom is 0.373 e. The summed E-state index contributed by atoms with van der Waals surface area (Å²) in [6, 6.07) is 3.42. The Morgan fingerprint density at radius 2 is 2.18 bits per heavy atom. The van der Waals surface area contributed by atoms with Gasteiger partial charge >= 0.3 is 5.69 Å². The molecule has 0 atom stereocenters. The van der Waals surface area contributed by atoms with Crippen LogP contribution in [0, 0.1) is 0 Å². The number of nitrogens with zero attached hydrogens (tertiary/aromatic N) is 4. The summed E-state index contributed by atoms with van der Waals surface area (Å²) < 4.78 is 1.28. The van der Waals surface area contributed by atoms with Gasteiger partial charge in [0, 0.05) is 12.4 Å². The summed E-state index contributed by atoms with van der Waals surface area (Å²) in [6.07, 6.45) is 3.13. The summed E-state index contributed by atoms with van der Waals surface area (Å²) in [5.41, 5.74) is -0.399. The molecule has 5 heteroatoms. The molecule has 2 heterocycles. The number of hydrogen-bond donors (Lipinski definition) is 0. The summed E-state index contributed by atoms with van der Waals surface area (Å²) in [4.78, 5) is 14.7. The van der Waals surface area contributed by atoms with Crippen LogP contribution in [0.2, 0.25) is 0 Å². The Labute approximate surface area is 61.7 Å². The third-order valence-corrected chi connectivity index (χ3v) is 1.27. The molecule has 11 heavy (non-hydrogen) atoms. The first-order chi connectivity index (χ1) is 5.38. The summed E-state index contributed by atoms with van der Waals surface area (Å²) in [5, 5.41) is 6.87. The van der Waals surface area contributed by atoms with E-state index in [1.807, 2.05) is 0 Å². The van der Waals surface area contributed by atoms with Crippen molar-refractivity contribution in [3.63, 3.8) is 0 Å². The zero-order valence-corrected chi connectivity index (χ0v) is 5.51. The third kappa shape index (κ3) is 0.861. The van der Waals surface area contributed by atoms with E-state index in [0.29, 0.717) is 5.95 Å². The van der Waals surface area contributed by atoms with Crippen LogP contribution in [0.4, 0.5) is 0 Å². The first kappa shape index (κ1) is 5.96. The van der Waals surface area contributed by atoms with Gasteiger partial charge < -0.3 is 0 Å². The van der Waals surface area contributed by atoms with Crippen LogP contribution in [-0.4, -0.2) is 19.7 Å². The van der Waals surface area contributed by atoms with E-state index in [4.69, 9.17) is 0 Å². The van der Waals surface area contributed by atoms with Crippen LogP contribution < -0.4 is 5.69 Å². The highest BCUT2D eigenvalue weighted by Crippen LogP contribution is 1.91. The van der Waals surface area contributed by atoms with Gasteiger partial charge in [-0.05, 0) is 12.1 Å². The van der Waals surface area contributed by atoms with E-state index < -0.39 is 5.69 Å². The SMILES string of the molecule is O=c1nnc2nccccn1-2. The van der Waals surface area contributed by atoms with E-state index in [0.717, 1.165) is 0 Å². The molecule has 0 aliphatic carbocycles. The van der Waals surface area contributed by atoms with Crippen molar-refractivity contribution in [2.45, 2.75) is 0 Å². The predicted octanol–water partition coefficient (Wildman–Crippen LogP) is -0.540. The smallest absolute Gasteiger partial charge is 0.243 e. The van der Waals surface area contributed by atoms with E-state index >= 15 is 0 Å². The van der Waals surface area contributed by atoms with Crippen molar-refractivity contribution in [3.8, 4) is 5.95 Å². The van der Waals surface area contributed by atoms with Crippen molar-refractivity contribution in [1.82, 2.24) is 19.7 Å². The van der Waals surface area contributed by atoms with Crippen molar-refractivity contribution in [2.24, 2.45) is 0 Å². The average Bonchev–Trinajstić information content (AvgIpc) is 2.25. The van der Waals surface area contributed by atoms with Gasteiger partial charge in [-0.15, -0.1) is 5.10 Å². The first-order valence-electron chi connectivity index (χ1n) is 3.04. The molecule has 0 aromatic carbocycles. The second-order valence-corrected chi connectivity index (χ2v) is 1.96. The standard InChI is InChI=1S/C6H4N4O/c11-6-9-8-5-7-3-1-2-4-10(5)6/h1-4H. The fraction of sp³-hybridized carbons (Fsp3) is 0. The zero-order valence-electron chi connectivity index (χ0n) is 5.51. The number of fused-ring (bicyclic) bond motifs is 1. The van der Waals surface area contributed by atoms with Gasteiger partial charge in [0.05, 0.1) is 0 Å². The monoisotopic (exact) mass is 148 g/mol. The van der Waals surface area contributed by atoms with Crippen molar-refractivity contribution in [3.05, 3.63) is 35.0 Å². The van der Waals surface area contributed by atoms with Gasteiger partial charge in [0.1, 0.15) is 0 Å². The molecule has 2 rings (SSSR count). The van der Waals surface area contributed by atoms with Crippen LogP contribution in [0.25, 0.3) is 5.95 Å². The maximum absolute atomic E-state index is 10.9. The highest BCUT2D eigenvalue weighted by atomic mass is 16.1. The molecule has 2 aliphatic heterocycles. The predicted molar refractivity (Wildman–Crippen MR) is 36.6 cm³/mol. The molecule has 0 spiro atoms. The molecule has 0 saturated carbocycles. The summed E-state index contributed by atoms with van der Waals surface area (Å²) in [6.45, 7) is 0. The highest BCUT2D eigenvalue weighted by molar-refractivity contribution is 5.08. The van der Waals surface area contributed by atoms with Crippen LogP contribution in [0.5, 0.6) is 0 Å². The molecule has 54 valence electrons. The Balaban J connectivity index is 2.86. The molecular formula is C6H4N4O. The van der Waals surface area contributed by atoms with Crippen LogP contribution in [0.3, 0.4) is 0 Å². The molecule has 0 radical (unpaired) electrons. The summed E-state index contributed by atoms with van der Waals surface area (Å²) in [7, 11) is 0. The fourth-order valence-electron chi connectivity index (χ4n) is 0.783. The Hall–Kier alpha value is -1.78. The quantitative estimate of drug-likeness (QED) is 0.503. The Morgan fingerprint density at radius 3 is 3.09 bits per heavy atom. The Bertz CT molecular complexity index is 396. The maximum atomic E-state index is 10.9. The topological polar surface area (TPSA) is 60.7 Å². The van der Waals surface area contributed by atoms with Gasteiger partial charge in [0.15, 0.2) is 0 Å². The van der Waals surface area contributed by atoms with Crippen molar-refractivity contribution < 1.29 is 0 Å². The van der Waals surface area contributed by atoms with Crippen LogP contribution in [0.1, 0.15) is 0 Å². The van der Waals surface area contributed by atoms with Gasteiger partial charge in [-0.3, -0.25) is 0 Å². The second kappa shape index (κ2) is 2.12. The van der Waals surface area contributed by atoms with Crippen LogP contribution >= 0.6 is 0 Å². The minimum atomic E-state index is -0.399. The third-order valence-electron chi connectivity index (χ3n) is 1.27. The Morgan fingerprint density at radius 1 is 1.27 bits per heavy atom. The van der Waals surface area contributed by atoms with Crippen molar-refractivity contribution in [1.29, 1.82) is 0 Å². The van der Waals surface area contributed by atoms with E-state index in [1.54, 1.807) is 24.5 Å². The van der Waals surface area contributed by atoms with Gasteiger partial charge in [0.2, 0.25) is 0 Å². The summed E-state index contributed by atoms with van der Waals surface area (Å²) >= 11 is 0. The summed E-state index contributed by atoms with van der Waals surface area (Å²) in [5.74, 6) is 0.319. The normalized spacial score (nSPS) is 10.2. The molecule has 5 nitrogen and oxygen atoms in total. The lowest BCUT2D eigenvalue weighted by molar-refractivity contribution is 0.959. The van der Waals surface area contributed by atoms with Gasteiger partial charge in [-0.1, -0.05) is 5.10 Å². The molecule has 0 bridgehead atoms. The lowest BCUT2D eigenvalue weighted by atomic mass is 10.6. The molecule has 0 aromatic heterocycles. The van der Waals surface area contributed by atoms with Crippen LogP contribution in [0.15, 0.2) is 29.3 Å². The molecule has 0 saturated heterocycles. The minimum Gasteiger partial charge on any atom is -0.243 e. The molecule has 0 N–H and O–H groups in total. The molecule has 0 unspecified atom stereocenters. The first-order valence-corrected chi connectivity index (χ1v) is 3.04. The van der Waals surface area contributed by atoms with Crippen molar-refractivity contribution in [2.75, 3.05) is 0 Å². The molecular weight excluding hydrogens is 144 g/mol. The largest absolute Gasteiger partial charge is 0.373 e. The second-order valence-electron chi connectivity index (χ2n) is 1.96. The van der Waals surface area contributed by atoms with E-state index in [1.165, 1.54) is 4.57 Å². The number of aromatic nitrogens is 4. The number of hydrogen-bond acceptors (Lipinski definition) is 4. The van der Waals surface area contributed by atoms with E-state index in [2.05, 4.69) is 15.2 Å². The van der Waals surface area contributed by atoms with Gasteiger partial charge in [-0.2, -0.15) is 0 Å². The minimum absolute atomic E-state index is 0.319. The van der Waals surface area contributed by atoms with Gasteiger partial charge in [-0.25, -0.2) is 14.3 Å². The fourth-order valence-corrected chi connectivity index (χ4v) is 0.783. The molecule has 0 aromatic rings. The number of rotatable bonds is 0. The molecule has 0 fully saturated rings. The lowest BCUT2D eigenvalue weighted by Gasteiger charge is -1.85. The highest BCUT2D eigenvalue weighted by Gasteiger charge is 2.04. The lowest BCUT2D eigenvalue weighted by Crippen LogP contribution is -2.12. The van der Waals surface area contributed by atoms with Crippen LogP contribution in [-0.2, 0) is 0 Å². The van der Waals surface area contributed by atoms with Crippen molar-refractivity contribution >= 4 is 0 Å².